The van der Waals surface area contributed by atoms with E-state index in [1.54, 1.807) is 0 Å². The molecule has 2 aliphatic heterocycles. The van der Waals surface area contributed by atoms with E-state index in [1.165, 1.54) is 50.8 Å². The van der Waals surface area contributed by atoms with Crippen molar-refractivity contribution in [2.24, 2.45) is 0 Å². The highest BCUT2D eigenvalue weighted by molar-refractivity contribution is 5.17. The van der Waals surface area contributed by atoms with Crippen LogP contribution in [0.4, 0.5) is 0 Å². The Balaban J connectivity index is 1.38. The van der Waals surface area contributed by atoms with Gasteiger partial charge in [0.05, 0.1) is 12.8 Å². The van der Waals surface area contributed by atoms with Gasteiger partial charge in [0.1, 0.15) is 5.76 Å². The molecular formula is C17H27N3O. The number of hydrogen-bond donors (Lipinski definition) is 1. The highest BCUT2D eigenvalue weighted by atomic mass is 16.3. The second kappa shape index (κ2) is 5.75. The van der Waals surface area contributed by atoms with Crippen molar-refractivity contribution in [3.63, 3.8) is 0 Å². The maximum atomic E-state index is 5.70. The van der Waals surface area contributed by atoms with Gasteiger partial charge in [-0.2, -0.15) is 0 Å². The molecule has 2 unspecified atom stereocenters. The van der Waals surface area contributed by atoms with E-state index in [0.717, 1.165) is 37.0 Å². The Hall–Kier alpha value is -0.840. The maximum absolute atomic E-state index is 5.70. The second-order valence-electron chi connectivity index (χ2n) is 7.10. The van der Waals surface area contributed by atoms with E-state index in [9.17, 15) is 0 Å². The minimum Gasteiger partial charge on any atom is -0.468 e. The van der Waals surface area contributed by atoms with E-state index in [-0.39, 0.29) is 0 Å². The molecule has 1 aliphatic carbocycles. The van der Waals surface area contributed by atoms with Crippen LogP contribution in [0.3, 0.4) is 0 Å². The van der Waals surface area contributed by atoms with Gasteiger partial charge in [0.2, 0.25) is 0 Å². The van der Waals surface area contributed by atoms with Crippen molar-refractivity contribution in [3.8, 4) is 0 Å². The number of furan rings is 1. The first-order chi connectivity index (χ1) is 10.3. The summed E-state index contributed by atoms with van der Waals surface area (Å²) in [5.74, 6) is 1.14. The summed E-state index contributed by atoms with van der Waals surface area (Å²) in [6.45, 7) is 4.39. The van der Waals surface area contributed by atoms with Gasteiger partial charge in [0, 0.05) is 43.3 Å². The molecule has 1 N–H and O–H groups in total. The number of fused-ring (bicyclic) bond motifs is 2. The van der Waals surface area contributed by atoms with E-state index >= 15 is 0 Å². The van der Waals surface area contributed by atoms with Gasteiger partial charge in [-0.1, -0.05) is 0 Å². The molecule has 1 saturated carbocycles. The van der Waals surface area contributed by atoms with Crippen LogP contribution in [0, 0.1) is 0 Å². The molecule has 2 atom stereocenters. The van der Waals surface area contributed by atoms with E-state index in [2.05, 4.69) is 28.2 Å². The van der Waals surface area contributed by atoms with Crippen molar-refractivity contribution in [2.45, 2.75) is 63.3 Å². The van der Waals surface area contributed by atoms with E-state index in [1.807, 2.05) is 6.26 Å². The number of rotatable bonds is 5. The zero-order valence-corrected chi connectivity index (χ0v) is 13.1. The summed E-state index contributed by atoms with van der Waals surface area (Å²) in [4.78, 5) is 5.25. The van der Waals surface area contributed by atoms with E-state index in [0.29, 0.717) is 0 Å². The molecule has 4 rings (SSSR count). The van der Waals surface area contributed by atoms with Gasteiger partial charge in [-0.15, -0.1) is 0 Å². The summed E-state index contributed by atoms with van der Waals surface area (Å²) >= 11 is 0. The standard InChI is InChI=1S/C17H27N3O/c1-19-15-4-5-16(19)12-20(8-6-15)11-13-7-9-21-17(13)10-18-14-2-3-14/h7,9,14-16,18H,2-6,8,10-12H2,1H3. The summed E-state index contributed by atoms with van der Waals surface area (Å²) in [5, 5.41) is 3.56. The van der Waals surface area contributed by atoms with Crippen LogP contribution < -0.4 is 5.32 Å². The molecule has 4 nitrogen and oxygen atoms in total. The van der Waals surface area contributed by atoms with Crippen molar-refractivity contribution in [1.82, 2.24) is 15.1 Å². The first-order valence-electron chi connectivity index (χ1n) is 8.52. The van der Waals surface area contributed by atoms with Gasteiger partial charge in [0.25, 0.3) is 0 Å². The van der Waals surface area contributed by atoms with Crippen molar-refractivity contribution in [2.75, 3.05) is 20.1 Å². The largest absolute Gasteiger partial charge is 0.468 e. The molecule has 116 valence electrons. The number of likely N-dealkylation sites (N-methyl/N-ethyl adjacent to an activating group) is 1. The van der Waals surface area contributed by atoms with Crippen LogP contribution in [-0.4, -0.2) is 48.1 Å². The first-order valence-corrected chi connectivity index (χ1v) is 8.52. The number of hydrogen-bond acceptors (Lipinski definition) is 4. The van der Waals surface area contributed by atoms with Crippen LogP contribution in [0.1, 0.15) is 43.4 Å². The zero-order valence-electron chi connectivity index (χ0n) is 13.1. The maximum Gasteiger partial charge on any atom is 0.122 e. The van der Waals surface area contributed by atoms with Gasteiger partial charge < -0.3 is 9.73 Å². The predicted molar refractivity (Wildman–Crippen MR) is 83.0 cm³/mol. The highest BCUT2D eigenvalue weighted by Crippen LogP contribution is 2.29. The summed E-state index contributed by atoms with van der Waals surface area (Å²) in [7, 11) is 2.31. The van der Waals surface area contributed by atoms with Crippen LogP contribution in [0.5, 0.6) is 0 Å². The zero-order chi connectivity index (χ0) is 14.2. The molecule has 1 aromatic rings. The molecule has 0 aromatic carbocycles. The van der Waals surface area contributed by atoms with Crippen molar-refractivity contribution < 1.29 is 4.42 Å². The molecule has 1 aromatic heterocycles. The van der Waals surface area contributed by atoms with E-state index < -0.39 is 0 Å². The third-order valence-electron chi connectivity index (χ3n) is 5.59. The Morgan fingerprint density at radius 1 is 1.19 bits per heavy atom. The third-order valence-corrected chi connectivity index (χ3v) is 5.59. The molecule has 2 saturated heterocycles. The lowest BCUT2D eigenvalue weighted by Gasteiger charge is -2.25. The fourth-order valence-corrected chi connectivity index (χ4v) is 3.95. The van der Waals surface area contributed by atoms with Gasteiger partial charge in [-0.3, -0.25) is 9.80 Å². The smallest absolute Gasteiger partial charge is 0.122 e. The summed E-state index contributed by atoms with van der Waals surface area (Å²) < 4.78 is 5.70. The monoisotopic (exact) mass is 289 g/mol. The number of likely N-dealkylation sites (tertiary alicyclic amines) is 1. The van der Waals surface area contributed by atoms with Crippen LogP contribution in [0.25, 0.3) is 0 Å². The number of nitrogens with zero attached hydrogens (tertiary/aromatic N) is 2. The normalized spacial score (nSPS) is 30.7. The molecule has 4 heteroatoms. The third kappa shape index (κ3) is 3.03. The lowest BCUT2D eigenvalue weighted by molar-refractivity contribution is 0.213. The van der Waals surface area contributed by atoms with Crippen LogP contribution in [0.2, 0.25) is 0 Å². The second-order valence-corrected chi connectivity index (χ2v) is 7.10. The van der Waals surface area contributed by atoms with E-state index in [4.69, 9.17) is 4.42 Å². The molecule has 0 amide bonds. The molecule has 0 radical (unpaired) electrons. The van der Waals surface area contributed by atoms with Crippen LogP contribution in [0.15, 0.2) is 16.7 Å². The predicted octanol–water partition coefficient (Wildman–Crippen LogP) is 2.20. The first kappa shape index (κ1) is 13.8. The topological polar surface area (TPSA) is 31.6 Å². The average molecular weight is 289 g/mol. The minimum atomic E-state index is 0.741. The molecule has 2 bridgehead atoms. The highest BCUT2D eigenvalue weighted by Gasteiger charge is 2.34. The Kier molecular flexibility index (Phi) is 3.78. The Morgan fingerprint density at radius 2 is 2.05 bits per heavy atom. The Morgan fingerprint density at radius 3 is 2.90 bits per heavy atom. The minimum absolute atomic E-state index is 0.741. The number of nitrogens with one attached hydrogen (secondary N) is 1. The lowest BCUT2D eigenvalue weighted by Crippen LogP contribution is -2.36. The van der Waals surface area contributed by atoms with Crippen molar-refractivity contribution >= 4 is 0 Å². The molecule has 3 aliphatic rings. The SMILES string of the molecule is CN1C2CCC1CN(Cc1ccoc1CNC1CC1)CC2. The summed E-state index contributed by atoms with van der Waals surface area (Å²) in [5.41, 5.74) is 1.38. The summed E-state index contributed by atoms with van der Waals surface area (Å²) in [6.07, 6.45) is 8.61. The quantitative estimate of drug-likeness (QED) is 0.900. The van der Waals surface area contributed by atoms with Gasteiger partial charge in [0.15, 0.2) is 0 Å². The van der Waals surface area contributed by atoms with Gasteiger partial charge in [-0.05, 0) is 45.2 Å². The van der Waals surface area contributed by atoms with Crippen molar-refractivity contribution in [1.29, 1.82) is 0 Å². The van der Waals surface area contributed by atoms with Crippen molar-refractivity contribution in [3.05, 3.63) is 23.7 Å². The average Bonchev–Trinajstić information content (AvgIpc) is 3.12. The molecule has 0 spiro atoms. The lowest BCUT2D eigenvalue weighted by atomic mass is 10.1. The molecule has 3 fully saturated rings. The molecule has 3 heterocycles. The summed E-state index contributed by atoms with van der Waals surface area (Å²) in [6, 6.07) is 4.49. The Bertz CT molecular complexity index is 482. The van der Waals surface area contributed by atoms with Crippen LogP contribution >= 0.6 is 0 Å². The van der Waals surface area contributed by atoms with Crippen LogP contribution in [-0.2, 0) is 13.1 Å². The van der Waals surface area contributed by atoms with Gasteiger partial charge in [-0.25, -0.2) is 0 Å². The van der Waals surface area contributed by atoms with Gasteiger partial charge >= 0.3 is 0 Å². The molecule has 21 heavy (non-hydrogen) atoms. The fourth-order valence-electron chi connectivity index (χ4n) is 3.95. The fraction of sp³-hybridized carbons (Fsp3) is 0.765. The molecular weight excluding hydrogens is 262 g/mol. The Labute approximate surface area is 127 Å².